The number of hydrogen-bond acceptors (Lipinski definition) is 0. The Bertz CT molecular complexity index is 331. The Kier molecular flexibility index (Phi) is 10.9. The van der Waals surface area contributed by atoms with Crippen LogP contribution >= 0.6 is 7.26 Å². The molecule has 0 saturated heterocycles. The SMILES string of the molecule is CCCCC[PH](CCCCC)(CCCCC)c1ccccc1. The van der Waals surface area contributed by atoms with Gasteiger partial charge in [-0.25, -0.2) is 0 Å². The summed E-state index contributed by atoms with van der Waals surface area (Å²) in [5, 5.41) is 1.75. The van der Waals surface area contributed by atoms with Crippen molar-refractivity contribution < 1.29 is 0 Å². The van der Waals surface area contributed by atoms with Gasteiger partial charge in [-0.1, -0.05) is 0 Å². The van der Waals surface area contributed by atoms with Gasteiger partial charge in [0.15, 0.2) is 0 Å². The number of rotatable bonds is 13. The number of hydrogen-bond donors (Lipinski definition) is 0. The van der Waals surface area contributed by atoms with Crippen molar-refractivity contribution in [3.63, 3.8) is 0 Å². The average molecular weight is 323 g/mol. The van der Waals surface area contributed by atoms with Gasteiger partial charge >= 0.3 is 140 Å². The summed E-state index contributed by atoms with van der Waals surface area (Å²) < 4.78 is 0. The monoisotopic (exact) mass is 322 g/mol. The molecule has 1 aromatic rings. The van der Waals surface area contributed by atoms with Crippen LogP contribution < -0.4 is 5.30 Å². The fourth-order valence-electron chi connectivity index (χ4n) is 3.74. The van der Waals surface area contributed by atoms with Crippen molar-refractivity contribution >= 4 is 12.6 Å². The number of unbranched alkanes of at least 4 members (excludes halogenated alkanes) is 6. The molecule has 0 spiro atoms. The predicted molar refractivity (Wildman–Crippen MR) is 108 cm³/mol. The molecule has 22 heavy (non-hydrogen) atoms. The van der Waals surface area contributed by atoms with E-state index in [2.05, 4.69) is 51.1 Å². The summed E-state index contributed by atoms with van der Waals surface area (Å²) in [7, 11) is -1.28. The molecule has 128 valence electrons. The van der Waals surface area contributed by atoms with Crippen LogP contribution in [-0.4, -0.2) is 18.5 Å². The summed E-state index contributed by atoms with van der Waals surface area (Å²) in [4.78, 5) is 0. The molecule has 0 aliphatic rings. The van der Waals surface area contributed by atoms with Crippen LogP contribution in [0, 0.1) is 0 Å². The maximum atomic E-state index is 2.45. The summed E-state index contributed by atoms with van der Waals surface area (Å²) in [5.74, 6) is 0. The quantitative estimate of drug-likeness (QED) is 0.282. The Morgan fingerprint density at radius 1 is 0.591 bits per heavy atom. The molecular formula is C21H39P. The molecule has 0 unspecified atom stereocenters. The summed E-state index contributed by atoms with van der Waals surface area (Å²) >= 11 is 0. The van der Waals surface area contributed by atoms with Crippen molar-refractivity contribution in [1.29, 1.82) is 0 Å². The van der Waals surface area contributed by atoms with Gasteiger partial charge in [0.2, 0.25) is 0 Å². The molecule has 1 rings (SSSR count). The van der Waals surface area contributed by atoms with Gasteiger partial charge in [-0.2, -0.15) is 0 Å². The number of benzene rings is 1. The minimum absolute atomic E-state index is 1.28. The zero-order valence-corrected chi connectivity index (χ0v) is 16.4. The molecule has 0 amide bonds. The van der Waals surface area contributed by atoms with Crippen molar-refractivity contribution in [3.8, 4) is 0 Å². The third-order valence-corrected chi connectivity index (χ3v) is 10.7. The molecule has 0 aromatic heterocycles. The van der Waals surface area contributed by atoms with Gasteiger partial charge < -0.3 is 0 Å². The summed E-state index contributed by atoms with van der Waals surface area (Å²) in [6, 6.07) is 11.6. The first-order chi connectivity index (χ1) is 10.8. The summed E-state index contributed by atoms with van der Waals surface area (Å²) in [6.07, 6.45) is 17.3. The Labute approximate surface area is 140 Å². The third kappa shape index (κ3) is 6.82. The van der Waals surface area contributed by atoms with Gasteiger partial charge in [0, 0.05) is 0 Å². The molecule has 0 aliphatic heterocycles. The van der Waals surface area contributed by atoms with E-state index >= 15 is 0 Å². The van der Waals surface area contributed by atoms with Gasteiger partial charge in [-0.05, 0) is 0 Å². The Hall–Kier alpha value is -0.350. The maximum absolute atomic E-state index is 2.45. The first kappa shape index (κ1) is 19.7. The van der Waals surface area contributed by atoms with Crippen LogP contribution in [0.15, 0.2) is 30.3 Å². The molecule has 0 nitrogen and oxygen atoms in total. The minimum atomic E-state index is -1.28. The Morgan fingerprint density at radius 2 is 1.00 bits per heavy atom. The van der Waals surface area contributed by atoms with Crippen LogP contribution in [0.25, 0.3) is 0 Å². The molecule has 1 aromatic carbocycles. The predicted octanol–water partition coefficient (Wildman–Crippen LogP) is 6.63. The topological polar surface area (TPSA) is 0 Å². The normalized spacial score (nSPS) is 12.5. The van der Waals surface area contributed by atoms with E-state index in [4.69, 9.17) is 0 Å². The molecule has 0 heterocycles. The van der Waals surface area contributed by atoms with E-state index < -0.39 is 7.26 Å². The molecule has 0 aliphatic carbocycles. The molecule has 1 heteroatoms. The second-order valence-corrected chi connectivity index (χ2v) is 11.7. The second-order valence-electron chi connectivity index (χ2n) is 7.02. The van der Waals surface area contributed by atoms with E-state index in [0.29, 0.717) is 0 Å². The molecule has 0 bridgehead atoms. The molecular weight excluding hydrogens is 283 g/mol. The fourth-order valence-corrected chi connectivity index (χ4v) is 9.04. The van der Waals surface area contributed by atoms with E-state index in [1.165, 1.54) is 76.3 Å². The van der Waals surface area contributed by atoms with Gasteiger partial charge in [0.25, 0.3) is 0 Å². The van der Waals surface area contributed by atoms with E-state index in [-0.39, 0.29) is 0 Å². The van der Waals surface area contributed by atoms with Crippen molar-refractivity contribution in [2.24, 2.45) is 0 Å². The summed E-state index contributed by atoms with van der Waals surface area (Å²) in [5.41, 5.74) is 0. The first-order valence-electron chi connectivity index (χ1n) is 9.84. The molecule has 0 fully saturated rings. The van der Waals surface area contributed by atoms with E-state index in [1.54, 1.807) is 5.30 Å². The summed E-state index contributed by atoms with van der Waals surface area (Å²) in [6.45, 7) is 7.00. The average Bonchev–Trinajstić information content (AvgIpc) is 2.56. The van der Waals surface area contributed by atoms with Gasteiger partial charge in [0.1, 0.15) is 0 Å². The van der Waals surface area contributed by atoms with Crippen LogP contribution in [0.1, 0.15) is 78.6 Å². The van der Waals surface area contributed by atoms with Gasteiger partial charge in [-0.3, -0.25) is 0 Å². The van der Waals surface area contributed by atoms with Crippen LogP contribution in [0.3, 0.4) is 0 Å². The molecule has 0 radical (unpaired) electrons. The van der Waals surface area contributed by atoms with Crippen molar-refractivity contribution in [1.82, 2.24) is 0 Å². The van der Waals surface area contributed by atoms with Crippen molar-refractivity contribution in [3.05, 3.63) is 30.3 Å². The van der Waals surface area contributed by atoms with Crippen LogP contribution in [0.2, 0.25) is 0 Å². The van der Waals surface area contributed by atoms with Crippen molar-refractivity contribution in [2.45, 2.75) is 78.6 Å². The van der Waals surface area contributed by atoms with E-state index in [1.807, 2.05) is 0 Å². The fraction of sp³-hybridized carbons (Fsp3) is 0.714. The first-order valence-corrected chi connectivity index (χ1v) is 12.5. The van der Waals surface area contributed by atoms with Crippen LogP contribution in [-0.2, 0) is 0 Å². The van der Waals surface area contributed by atoms with E-state index in [9.17, 15) is 0 Å². The van der Waals surface area contributed by atoms with Gasteiger partial charge in [-0.15, -0.1) is 0 Å². The van der Waals surface area contributed by atoms with Gasteiger partial charge in [0.05, 0.1) is 0 Å². The van der Waals surface area contributed by atoms with Crippen LogP contribution in [0.5, 0.6) is 0 Å². The molecule has 0 atom stereocenters. The molecule has 0 N–H and O–H groups in total. The van der Waals surface area contributed by atoms with Crippen LogP contribution in [0.4, 0.5) is 0 Å². The Balaban J connectivity index is 2.88. The zero-order valence-electron chi connectivity index (χ0n) is 15.4. The van der Waals surface area contributed by atoms with E-state index in [0.717, 1.165) is 0 Å². The third-order valence-electron chi connectivity index (χ3n) is 5.16. The zero-order chi connectivity index (χ0) is 16.1. The van der Waals surface area contributed by atoms with Crippen molar-refractivity contribution in [2.75, 3.05) is 18.5 Å². The molecule has 0 saturated carbocycles. The second kappa shape index (κ2) is 12.1. The Morgan fingerprint density at radius 3 is 1.36 bits per heavy atom. The standard InChI is InChI=1S/C21H39P/c1-4-7-13-18-22(19-14-8-5-2,20-15-9-6-3)21-16-11-10-12-17-21/h10-12,16-17,22H,4-9,13-15,18-20H2,1-3H3.